The Balaban J connectivity index is 4.93. The lowest BCUT2D eigenvalue weighted by molar-refractivity contribution is -0.155. The van der Waals surface area contributed by atoms with E-state index in [4.69, 9.17) is 14.6 Å². The summed E-state index contributed by atoms with van der Waals surface area (Å²) >= 11 is 7.32. The average molecular weight is 310 g/mol. The van der Waals surface area contributed by atoms with Gasteiger partial charge in [-0.15, -0.1) is 0 Å². The number of aliphatic hydroxyl groups is 1. The van der Waals surface area contributed by atoms with Crippen molar-refractivity contribution >= 4 is 43.2 Å². The highest BCUT2D eigenvalue weighted by Gasteiger charge is 2.20. The molecule has 0 aromatic carbocycles. The number of rotatable bonds is 7. The van der Waals surface area contributed by atoms with E-state index in [2.05, 4.69) is 30.0 Å². The Kier molecular flexibility index (Phi) is 9.09. The molecule has 0 aliphatic rings. The van der Waals surface area contributed by atoms with Crippen molar-refractivity contribution < 1.29 is 33.7 Å². The molecule has 0 fully saturated rings. The third kappa shape index (κ3) is 7.09. The van der Waals surface area contributed by atoms with Gasteiger partial charge >= 0.3 is 17.9 Å². The number of aliphatic hydroxyl groups excluding tert-OH is 1. The zero-order chi connectivity index (χ0) is 14.8. The first-order chi connectivity index (χ1) is 8.96. The van der Waals surface area contributed by atoms with E-state index in [1.807, 2.05) is 0 Å². The highest BCUT2D eigenvalue weighted by atomic mass is 32.1. The summed E-state index contributed by atoms with van der Waals surface area (Å²) in [7, 11) is 0. The van der Waals surface area contributed by atoms with Gasteiger partial charge in [-0.25, -0.2) is 4.79 Å². The van der Waals surface area contributed by atoms with Crippen LogP contribution >= 0.6 is 25.3 Å². The lowest BCUT2D eigenvalue weighted by Crippen LogP contribution is -2.19. The molecule has 0 unspecified atom stereocenters. The molecule has 0 amide bonds. The second-order valence-corrected chi connectivity index (χ2v) is 3.67. The summed E-state index contributed by atoms with van der Waals surface area (Å²) in [6, 6.07) is 0. The van der Waals surface area contributed by atoms with Crippen molar-refractivity contribution in [2.75, 3.05) is 24.7 Å². The SMILES string of the molecule is CC(C(=O)OC(=O)CS)=C(OCCO)OC(=O)CS. The van der Waals surface area contributed by atoms with E-state index in [0.717, 1.165) is 0 Å². The molecule has 0 radical (unpaired) electrons. The molecule has 0 atom stereocenters. The lowest BCUT2D eigenvalue weighted by Gasteiger charge is -2.11. The van der Waals surface area contributed by atoms with Gasteiger partial charge in [-0.3, -0.25) is 9.59 Å². The molecule has 9 heteroatoms. The molecule has 0 aromatic heterocycles. The van der Waals surface area contributed by atoms with Crippen LogP contribution in [0.25, 0.3) is 0 Å². The normalized spacial score (nSPS) is 11.4. The standard InChI is InChI=1S/C10H14O7S2/c1-6(9(14)16-7(12)4-18)10(15-3-2-11)17-8(13)5-19/h11,18-19H,2-5H2,1H3. The number of ether oxygens (including phenoxy) is 3. The average Bonchev–Trinajstić information content (AvgIpc) is 2.41. The van der Waals surface area contributed by atoms with Gasteiger partial charge in [0.1, 0.15) is 12.2 Å². The Hall–Kier alpha value is -1.19. The van der Waals surface area contributed by atoms with E-state index in [1.54, 1.807) is 0 Å². The van der Waals surface area contributed by atoms with Crippen LogP contribution in [0, 0.1) is 0 Å². The summed E-state index contributed by atoms with van der Waals surface area (Å²) in [4.78, 5) is 33.5. The number of thiol groups is 2. The first-order valence-corrected chi connectivity index (χ1v) is 6.34. The van der Waals surface area contributed by atoms with Crippen molar-refractivity contribution in [2.45, 2.75) is 6.92 Å². The molecular formula is C10H14O7S2. The molecule has 0 saturated carbocycles. The summed E-state index contributed by atoms with van der Waals surface area (Å²) in [6.45, 7) is 0.701. The second kappa shape index (κ2) is 9.70. The minimum absolute atomic E-state index is 0.194. The van der Waals surface area contributed by atoms with Gasteiger partial charge in [-0.2, -0.15) is 25.3 Å². The molecule has 0 bridgehead atoms. The zero-order valence-corrected chi connectivity index (χ0v) is 11.9. The van der Waals surface area contributed by atoms with Crippen LogP contribution < -0.4 is 0 Å². The van der Waals surface area contributed by atoms with Crippen LogP contribution in [-0.4, -0.2) is 47.7 Å². The van der Waals surface area contributed by atoms with Gasteiger partial charge in [0.25, 0.3) is 5.95 Å². The fourth-order valence-corrected chi connectivity index (χ4v) is 0.913. The Bertz CT molecular complexity index is 378. The third-order valence-corrected chi connectivity index (χ3v) is 2.12. The minimum atomic E-state index is -1.03. The van der Waals surface area contributed by atoms with Crippen molar-refractivity contribution in [3.8, 4) is 0 Å². The molecule has 19 heavy (non-hydrogen) atoms. The van der Waals surface area contributed by atoms with Crippen molar-refractivity contribution in [3.05, 3.63) is 11.5 Å². The maximum atomic E-state index is 11.5. The Morgan fingerprint density at radius 3 is 2.05 bits per heavy atom. The Morgan fingerprint density at radius 1 is 1.05 bits per heavy atom. The van der Waals surface area contributed by atoms with Crippen LogP contribution in [0.5, 0.6) is 0 Å². The van der Waals surface area contributed by atoms with Crippen molar-refractivity contribution in [1.29, 1.82) is 0 Å². The lowest BCUT2D eigenvalue weighted by atomic mass is 10.3. The van der Waals surface area contributed by atoms with Gasteiger partial charge in [-0.1, -0.05) is 0 Å². The van der Waals surface area contributed by atoms with Crippen LogP contribution in [-0.2, 0) is 28.6 Å². The Labute approximate surface area is 120 Å². The van der Waals surface area contributed by atoms with E-state index in [9.17, 15) is 14.4 Å². The van der Waals surface area contributed by atoms with Gasteiger partial charge in [0.15, 0.2) is 0 Å². The molecule has 108 valence electrons. The predicted octanol–water partition coefficient (Wildman–Crippen LogP) is -0.301. The van der Waals surface area contributed by atoms with Gasteiger partial charge in [-0.05, 0) is 6.92 Å². The van der Waals surface area contributed by atoms with Crippen LogP contribution in [0.1, 0.15) is 6.92 Å². The van der Waals surface area contributed by atoms with Gasteiger partial charge in [0.05, 0.1) is 18.1 Å². The first-order valence-electron chi connectivity index (χ1n) is 5.08. The summed E-state index contributed by atoms with van der Waals surface area (Å²) in [5.41, 5.74) is -0.223. The molecule has 0 rings (SSSR count). The van der Waals surface area contributed by atoms with Gasteiger partial charge in [0.2, 0.25) is 0 Å². The number of carbonyl (C=O) groups excluding carboxylic acids is 3. The monoisotopic (exact) mass is 310 g/mol. The summed E-state index contributed by atoms with van der Waals surface area (Å²) in [6.07, 6.45) is 0. The first kappa shape index (κ1) is 17.8. The smallest absolute Gasteiger partial charge is 0.348 e. The van der Waals surface area contributed by atoms with Crippen molar-refractivity contribution in [2.24, 2.45) is 0 Å². The van der Waals surface area contributed by atoms with E-state index in [0.29, 0.717) is 0 Å². The third-order valence-electron chi connectivity index (χ3n) is 1.61. The van der Waals surface area contributed by atoms with Crippen LogP contribution in [0.3, 0.4) is 0 Å². The van der Waals surface area contributed by atoms with Crippen LogP contribution in [0.15, 0.2) is 11.5 Å². The summed E-state index contributed by atoms with van der Waals surface area (Å²) in [5.74, 6) is -3.59. The molecule has 0 aliphatic carbocycles. The summed E-state index contributed by atoms with van der Waals surface area (Å²) < 4.78 is 14.0. The van der Waals surface area contributed by atoms with E-state index < -0.39 is 23.9 Å². The van der Waals surface area contributed by atoms with Crippen LogP contribution in [0.2, 0.25) is 0 Å². The molecule has 0 aromatic rings. The quantitative estimate of drug-likeness (QED) is 0.195. The Morgan fingerprint density at radius 2 is 1.58 bits per heavy atom. The molecule has 7 nitrogen and oxygen atoms in total. The molecule has 0 heterocycles. The molecule has 0 saturated heterocycles. The van der Waals surface area contributed by atoms with E-state index in [1.165, 1.54) is 6.92 Å². The predicted molar refractivity (Wildman–Crippen MR) is 70.6 cm³/mol. The minimum Gasteiger partial charge on any atom is -0.462 e. The molecule has 0 spiro atoms. The molecule has 0 aliphatic heterocycles. The maximum absolute atomic E-state index is 11.5. The molecular weight excluding hydrogens is 296 g/mol. The number of carbonyl (C=O) groups is 3. The van der Waals surface area contributed by atoms with Gasteiger partial charge in [0, 0.05) is 0 Å². The highest BCUT2D eigenvalue weighted by Crippen LogP contribution is 2.11. The zero-order valence-electron chi connectivity index (χ0n) is 10.1. The second-order valence-electron chi connectivity index (χ2n) is 3.04. The van der Waals surface area contributed by atoms with E-state index in [-0.39, 0.29) is 30.3 Å². The fraction of sp³-hybridized carbons (Fsp3) is 0.500. The maximum Gasteiger partial charge on any atom is 0.348 e. The summed E-state index contributed by atoms with van der Waals surface area (Å²) in [5, 5.41) is 8.63. The molecule has 1 N–H and O–H groups in total. The highest BCUT2D eigenvalue weighted by molar-refractivity contribution is 7.81. The number of hydrogen-bond donors (Lipinski definition) is 3. The van der Waals surface area contributed by atoms with Crippen LogP contribution in [0.4, 0.5) is 0 Å². The van der Waals surface area contributed by atoms with Crippen molar-refractivity contribution in [3.63, 3.8) is 0 Å². The number of hydrogen-bond acceptors (Lipinski definition) is 9. The fourth-order valence-electron chi connectivity index (χ4n) is 0.784. The number of esters is 3. The van der Waals surface area contributed by atoms with Gasteiger partial charge < -0.3 is 19.3 Å². The largest absolute Gasteiger partial charge is 0.462 e. The van der Waals surface area contributed by atoms with Crippen molar-refractivity contribution in [1.82, 2.24) is 0 Å². The van der Waals surface area contributed by atoms with E-state index >= 15 is 0 Å². The topological polar surface area (TPSA) is 99.1 Å².